The Kier molecular flexibility index (Phi) is 2.98. The van der Waals surface area contributed by atoms with Crippen LogP contribution in [0.5, 0.6) is 0 Å². The zero-order valence-corrected chi connectivity index (χ0v) is 10.9. The number of aromatic nitrogens is 2. The van der Waals surface area contributed by atoms with E-state index in [1.807, 2.05) is 25.1 Å². The van der Waals surface area contributed by atoms with E-state index in [4.69, 9.17) is 4.42 Å². The molecule has 3 aromatic rings. The van der Waals surface area contributed by atoms with E-state index in [9.17, 15) is 9.59 Å². The summed E-state index contributed by atoms with van der Waals surface area (Å²) in [6, 6.07) is 7.32. The second kappa shape index (κ2) is 4.80. The van der Waals surface area contributed by atoms with Gasteiger partial charge >= 0.3 is 0 Å². The summed E-state index contributed by atoms with van der Waals surface area (Å²) in [4.78, 5) is 28.1. The Morgan fingerprint density at radius 2 is 2.20 bits per heavy atom. The lowest BCUT2D eigenvalue weighted by Gasteiger charge is -2.04. The molecule has 0 unspecified atom stereocenters. The van der Waals surface area contributed by atoms with Crippen molar-refractivity contribution < 1.29 is 9.21 Å². The van der Waals surface area contributed by atoms with Crippen LogP contribution >= 0.6 is 0 Å². The molecular formula is C14H13N3O3. The first-order valence-electron chi connectivity index (χ1n) is 6.34. The quantitative estimate of drug-likeness (QED) is 0.778. The van der Waals surface area contributed by atoms with Crippen molar-refractivity contribution in [2.45, 2.75) is 13.5 Å². The molecule has 0 radical (unpaired) electrons. The smallest absolute Gasteiger partial charge is 0.297 e. The monoisotopic (exact) mass is 271 g/mol. The van der Waals surface area contributed by atoms with E-state index in [-0.39, 0.29) is 23.6 Å². The number of carbonyl (C=O) groups is 1. The van der Waals surface area contributed by atoms with Crippen LogP contribution in [0.2, 0.25) is 0 Å². The minimum absolute atomic E-state index is 0.0628. The maximum Gasteiger partial charge on any atom is 0.297 e. The van der Waals surface area contributed by atoms with E-state index in [1.165, 1.54) is 10.9 Å². The number of hydrogen-bond donors (Lipinski definition) is 1. The normalized spacial score (nSPS) is 11.1. The molecule has 2 heterocycles. The van der Waals surface area contributed by atoms with Gasteiger partial charge in [0.05, 0.1) is 6.33 Å². The number of para-hydroxylation sites is 1. The molecule has 2 aromatic heterocycles. The van der Waals surface area contributed by atoms with Crippen LogP contribution in [0.4, 0.5) is 0 Å². The third-order valence-corrected chi connectivity index (χ3v) is 3.04. The molecule has 1 N–H and O–H groups in total. The highest BCUT2D eigenvalue weighted by molar-refractivity contribution is 6.01. The Morgan fingerprint density at radius 1 is 1.40 bits per heavy atom. The van der Waals surface area contributed by atoms with Crippen molar-refractivity contribution in [1.29, 1.82) is 0 Å². The summed E-state index contributed by atoms with van der Waals surface area (Å²) in [7, 11) is 0. The van der Waals surface area contributed by atoms with Crippen molar-refractivity contribution >= 4 is 28.0 Å². The van der Waals surface area contributed by atoms with Gasteiger partial charge in [0.15, 0.2) is 0 Å². The molecule has 102 valence electrons. The third-order valence-electron chi connectivity index (χ3n) is 3.04. The lowest BCUT2D eigenvalue weighted by Crippen LogP contribution is -2.32. The summed E-state index contributed by atoms with van der Waals surface area (Å²) in [5, 5.41) is 3.43. The van der Waals surface area contributed by atoms with Gasteiger partial charge in [0.25, 0.3) is 5.56 Å². The van der Waals surface area contributed by atoms with Crippen molar-refractivity contribution in [2.75, 3.05) is 6.54 Å². The number of nitrogens with zero attached hydrogens (tertiary/aromatic N) is 2. The molecule has 0 aliphatic rings. The van der Waals surface area contributed by atoms with E-state index in [1.54, 1.807) is 6.07 Å². The molecule has 0 spiro atoms. The molecule has 0 fully saturated rings. The second-order valence-electron chi connectivity index (χ2n) is 4.41. The zero-order valence-electron chi connectivity index (χ0n) is 10.9. The van der Waals surface area contributed by atoms with E-state index in [0.29, 0.717) is 17.6 Å². The first-order chi connectivity index (χ1) is 9.70. The van der Waals surface area contributed by atoms with Gasteiger partial charge in [0.2, 0.25) is 11.5 Å². The molecule has 6 heteroatoms. The van der Waals surface area contributed by atoms with Crippen LogP contribution in [0.3, 0.4) is 0 Å². The maximum absolute atomic E-state index is 12.3. The summed E-state index contributed by atoms with van der Waals surface area (Å²) in [5.74, 6) is -0.230. The van der Waals surface area contributed by atoms with E-state index in [0.717, 1.165) is 5.39 Å². The molecule has 0 aliphatic carbocycles. The molecule has 20 heavy (non-hydrogen) atoms. The van der Waals surface area contributed by atoms with Crippen molar-refractivity contribution in [3.05, 3.63) is 40.9 Å². The van der Waals surface area contributed by atoms with Crippen molar-refractivity contribution in [3.8, 4) is 0 Å². The zero-order chi connectivity index (χ0) is 14.1. The van der Waals surface area contributed by atoms with Crippen LogP contribution in [0, 0.1) is 0 Å². The molecule has 0 saturated carbocycles. The molecule has 1 amide bonds. The van der Waals surface area contributed by atoms with Crippen LogP contribution in [0.1, 0.15) is 6.92 Å². The lowest BCUT2D eigenvalue weighted by molar-refractivity contribution is -0.121. The highest BCUT2D eigenvalue weighted by Gasteiger charge is 2.13. The standard InChI is InChI=1S/C14H13N3O3/c1-2-15-11(18)7-17-8-16-12-9-5-3-4-6-10(9)20-13(12)14(17)19/h3-6,8H,2,7H2,1H3,(H,15,18). The fraction of sp³-hybridized carbons (Fsp3) is 0.214. The molecule has 6 nitrogen and oxygen atoms in total. The average molecular weight is 271 g/mol. The molecule has 0 atom stereocenters. The predicted octanol–water partition coefficient (Wildman–Crippen LogP) is 1.28. The highest BCUT2D eigenvalue weighted by atomic mass is 16.3. The number of likely N-dealkylation sites (N-methyl/N-ethyl adjacent to an activating group) is 1. The van der Waals surface area contributed by atoms with Crippen LogP contribution < -0.4 is 10.9 Å². The van der Waals surface area contributed by atoms with Crippen LogP contribution in [-0.4, -0.2) is 22.0 Å². The minimum Gasteiger partial charge on any atom is -0.448 e. The van der Waals surface area contributed by atoms with Gasteiger partial charge in [-0.3, -0.25) is 14.2 Å². The van der Waals surface area contributed by atoms with E-state index in [2.05, 4.69) is 10.3 Å². The SMILES string of the molecule is CCNC(=O)Cn1cnc2c(oc3ccccc32)c1=O. The van der Waals surface area contributed by atoms with Crippen molar-refractivity contribution in [3.63, 3.8) is 0 Å². The number of hydrogen-bond acceptors (Lipinski definition) is 4. The molecule has 3 rings (SSSR count). The first kappa shape index (κ1) is 12.4. The molecular weight excluding hydrogens is 258 g/mol. The Morgan fingerprint density at radius 3 is 3.00 bits per heavy atom. The van der Waals surface area contributed by atoms with Gasteiger partial charge in [0.1, 0.15) is 17.6 Å². The van der Waals surface area contributed by atoms with E-state index < -0.39 is 0 Å². The molecule has 0 saturated heterocycles. The van der Waals surface area contributed by atoms with Gasteiger partial charge in [-0.25, -0.2) is 4.98 Å². The second-order valence-corrected chi connectivity index (χ2v) is 4.41. The van der Waals surface area contributed by atoms with Crippen molar-refractivity contribution in [1.82, 2.24) is 14.9 Å². The van der Waals surface area contributed by atoms with Crippen LogP contribution in [0.15, 0.2) is 39.8 Å². The minimum atomic E-state index is -0.350. The van der Waals surface area contributed by atoms with Gasteiger partial charge < -0.3 is 9.73 Å². The number of carbonyl (C=O) groups excluding carboxylic acids is 1. The lowest BCUT2D eigenvalue weighted by atomic mass is 10.2. The van der Waals surface area contributed by atoms with Gasteiger partial charge in [-0.1, -0.05) is 12.1 Å². The number of fused-ring (bicyclic) bond motifs is 3. The maximum atomic E-state index is 12.3. The Bertz CT molecular complexity index is 848. The number of benzene rings is 1. The third kappa shape index (κ3) is 1.95. The molecule has 0 aliphatic heterocycles. The summed E-state index contributed by atoms with van der Waals surface area (Å²) in [6.45, 7) is 2.28. The Balaban J connectivity index is 2.13. The molecule has 1 aromatic carbocycles. The van der Waals surface area contributed by atoms with Crippen LogP contribution in [-0.2, 0) is 11.3 Å². The fourth-order valence-electron chi connectivity index (χ4n) is 2.14. The average Bonchev–Trinajstić information content (AvgIpc) is 2.82. The number of amides is 1. The Labute approximate surface area is 114 Å². The summed E-state index contributed by atoms with van der Waals surface area (Å²) >= 11 is 0. The fourth-order valence-corrected chi connectivity index (χ4v) is 2.14. The van der Waals surface area contributed by atoms with Gasteiger partial charge in [-0.15, -0.1) is 0 Å². The number of nitrogens with one attached hydrogen (secondary N) is 1. The number of rotatable bonds is 3. The summed E-state index contributed by atoms with van der Waals surface area (Å²) in [6.07, 6.45) is 1.38. The summed E-state index contributed by atoms with van der Waals surface area (Å²) < 4.78 is 6.78. The van der Waals surface area contributed by atoms with Gasteiger partial charge in [-0.05, 0) is 19.1 Å². The molecule has 0 bridgehead atoms. The van der Waals surface area contributed by atoms with Crippen LogP contribution in [0.25, 0.3) is 22.1 Å². The Hall–Kier alpha value is -2.63. The van der Waals surface area contributed by atoms with Gasteiger partial charge in [-0.2, -0.15) is 0 Å². The van der Waals surface area contributed by atoms with Gasteiger partial charge in [0, 0.05) is 11.9 Å². The number of furan rings is 1. The largest absolute Gasteiger partial charge is 0.448 e. The summed E-state index contributed by atoms with van der Waals surface area (Å²) in [5.41, 5.74) is 0.969. The van der Waals surface area contributed by atoms with Crippen molar-refractivity contribution in [2.24, 2.45) is 0 Å². The van der Waals surface area contributed by atoms with E-state index >= 15 is 0 Å². The first-order valence-corrected chi connectivity index (χ1v) is 6.34. The topological polar surface area (TPSA) is 77.1 Å². The highest BCUT2D eigenvalue weighted by Crippen LogP contribution is 2.23. The predicted molar refractivity (Wildman–Crippen MR) is 74.5 cm³/mol.